The van der Waals surface area contributed by atoms with Crippen LogP contribution in [0.25, 0.3) is 0 Å². The van der Waals surface area contributed by atoms with Gasteiger partial charge in [0.05, 0.1) is 5.56 Å². The average Bonchev–Trinajstić information content (AvgIpc) is 2.42. The molecule has 0 aliphatic rings. The number of nitrogens with two attached hydrogens (primary N) is 1. The normalized spacial score (nSPS) is 10.3. The smallest absolute Gasteiger partial charge is 0.257 e. The van der Waals surface area contributed by atoms with Gasteiger partial charge in [-0.15, -0.1) is 0 Å². The lowest BCUT2D eigenvalue weighted by molar-refractivity contribution is 0.102. The SMILES string of the molecule is Cc1ccc(F)cc1NC(=O)c1cc(N)ccc1N(C)C. The van der Waals surface area contributed by atoms with Gasteiger partial charge in [0.2, 0.25) is 0 Å². The van der Waals surface area contributed by atoms with Crippen molar-refractivity contribution in [2.45, 2.75) is 6.92 Å². The first-order valence-corrected chi connectivity index (χ1v) is 6.53. The molecule has 21 heavy (non-hydrogen) atoms. The second-order valence-corrected chi connectivity index (χ2v) is 5.08. The third-order valence-electron chi connectivity index (χ3n) is 3.19. The van der Waals surface area contributed by atoms with Gasteiger partial charge in [0.25, 0.3) is 5.91 Å². The van der Waals surface area contributed by atoms with Crippen molar-refractivity contribution >= 4 is 23.0 Å². The maximum absolute atomic E-state index is 13.3. The molecule has 0 bridgehead atoms. The fraction of sp³-hybridized carbons (Fsp3) is 0.188. The Morgan fingerprint density at radius 2 is 1.90 bits per heavy atom. The predicted octanol–water partition coefficient (Wildman–Crippen LogP) is 3.03. The largest absolute Gasteiger partial charge is 0.399 e. The van der Waals surface area contributed by atoms with Crippen LogP contribution in [-0.4, -0.2) is 20.0 Å². The Balaban J connectivity index is 2.36. The molecule has 0 saturated carbocycles. The van der Waals surface area contributed by atoms with Crippen LogP contribution in [0.2, 0.25) is 0 Å². The molecule has 2 aromatic carbocycles. The van der Waals surface area contributed by atoms with Gasteiger partial charge in [-0.05, 0) is 42.8 Å². The molecule has 2 aromatic rings. The molecule has 0 unspecified atom stereocenters. The lowest BCUT2D eigenvalue weighted by Gasteiger charge is -2.18. The highest BCUT2D eigenvalue weighted by Crippen LogP contribution is 2.24. The van der Waals surface area contributed by atoms with Crippen molar-refractivity contribution in [3.05, 3.63) is 53.3 Å². The number of nitrogens with one attached hydrogen (secondary N) is 1. The van der Waals surface area contributed by atoms with Crippen LogP contribution in [0.3, 0.4) is 0 Å². The van der Waals surface area contributed by atoms with Gasteiger partial charge in [-0.1, -0.05) is 6.07 Å². The Kier molecular flexibility index (Phi) is 4.12. The number of halogens is 1. The number of aryl methyl sites for hydroxylation is 1. The van der Waals surface area contributed by atoms with Crippen molar-refractivity contribution in [3.63, 3.8) is 0 Å². The minimum Gasteiger partial charge on any atom is -0.399 e. The lowest BCUT2D eigenvalue weighted by atomic mass is 10.1. The van der Waals surface area contributed by atoms with E-state index in [1.807, 2.05) is 19.0 Å². The van der Waals surface area contributed by atoms with Crippen molar-refractivity contribution in [2.75, 3.05) is 30.0 Å². The molecule has 1 amide bonds. The Bertz CT molecular complexity index is 683. The van der Waals surface area contributed by atoms with Gasteiger partial charge in [0.1, 0.15) is 5.82 Å². The van der Waals surface area contributed by atoms with Crippen LogP contribution < -0.4 is 16.0 Å². The van der Waals surface area contributed by atoms with E-state index < -0.39 is 5.82 Å². The molecule has 3 N–H and O–H groups in total. The summed E-state index contributed by atoms with van der Waals surface area (Å²) in [5, 5.41) is 2.73. The number of anilines is 3. The predicted molar refractivity (Wildman–Crippen MR) is 84.3 cm³/mol. The number of amides is 1. The Morgan fingerprint density at radius 1 is 1.19 bits per heavy atom. The van der Waals surface area contributed by atoms with Gasteiger partial charge < -0.3 is 16.0 Å². The Labute approximate surface area is 123 Å². The fourth-order valence-electron chi connectivity index (χ4n) is 2.04. The van der Waals surface area contributed by atoms with Gasteiger partial charge in [-0.2, -0.15) is 0 Å². The summed E-state index contributed by atoms with van der Waals surface area (Å²) >= 11 is 0. The molecule has 0 saturated heterocycles. The summed E-state index contributed by atoms with van der Waals surface area (Å²) in [5.74, 6) is -0.712. The number of carbonyl (C=O) groups is 1. The van der Waals surface area contributed by atoms with Crippen LogP contribution in [0.4, 0.5) is 21.5 Å². The van der Waals surface area contributed by atoms with Crippen molar-refractivity contribution in [3.8, 4) is 0 Å². The average molecular weight is 287 g/mol. The monoisotopic (exact) mass is 287 g/mol. The molecule has 0 heterocycles. The van der Waals surface area contributed by atoms with E-state index in [4.69, 9.17) is 5.73 Å². The van der Waals surface area contributed by atoms with Crippen molar-refractivity contribution < 1.29 is 9.18 Å². The number of benzene rings is 2. The van der Waals surface area contributed by atoms with Gasteiger partial charge in [-0.25, -0.2) is 4.39 Å². The van der Waals surface area contributed by atoms with Crippen molar-refractivity contribution in [1.29, 1.82) is 0 Å². The minimum absolute atomic E-state index is 0.320. The third-order valence-corrected chi connectivity index (χ3v) is 3.19. The van der Waals surface area contributed by atoms with E-state index in [-0.39, 0.29) is 5.91 Å². The van der Waals surface area contributed by atoms with Gasteiger partial charge in [-0.3, -0.25) is 4.79 Å². The highest BCUT2D eigenvalue weighted by atomic mass is 19.1. The molecule has 0 aromatic heterocycles. The molecular formula is C16H18FN3O. The molecule has 0 aliphatic heterocycles. The highest BCUT2D eigenvalue weighted by Gasteiger charge is 2.14. The standard InChI is InChI=1S/C16H18FN3O/c1-10-4-5-11(17)8-14(10)19-16(21)13-9-12(18)6-7-15(13)20(2)3/h4-9H,18H2,1-3H3,(H,19,21). The zero-order valence-corrected chi connectivity index (χ0v) is 12.3. The van der Waals surface area contributed by atoms with Crippen molar-refractivity contribution in [1.82, 2.24) is 0 Å². The Morgan fingerprint density at radius 3 is 2.57 bits per heavy atom. The van der Waals surface area contributed by atoms with Crippen LogP contribution in [0, 0.1) is 12.7 Å². The topological polar surface area (TPSA) is 58.4 Å². The number of nitrogen functional groups attached to an aromatic ring is 1. The second-order valence-electron chi connectivity index (χ2n) is 5.08. The lowest BCUT2D eigenvalue weighted by Crippen LogP contribution is -2.19. The molecule has 2 rings (SSSR count). The summed E-state index contributed by atoms with van der Waals surface area (Å²) in [7, 11) is 3.69. The van der Waals surface area contributed by atoms with Crippen LogP contribution in [0.5, 0.6) is 0 Å². The van der Waals surface area contributed by atoms with Gasteiger partial charge in [0.15, 0.2) is 0 Å². The van der Waals surface area contributed by atoms with E-state index in [2.05, 4.69) is 5.32 Å². The number of hydrogen-bond donors (Lipinski definition) is 2. The zero-order chi connectivity index (χ0) is 15.6. The van der Waals surface area contributed by atoms with E-state index in [0.29, 0.717) is 16.9 Å². The van der Waals surface area contributed by atoms with E-state index >= 15 is 0 Å². The number of nitrogens with zero attached hydrogens (tertiary/aromatic N) is 1. The maximum atomic E-state index is 13.3. The number of carbonyl (C=O) groups excluding carboxylic acids is 1. The molecule has 5 heteroatoms. The molecule has 0 atom stereocenters. The first kappa shape index (κ1) is 14.8. The second kappa shape index (κ2) is 5.83. The summed E-state index contributed by atoms with van der Waals surface area (Å²) in [6, 6.07) is 9.41. The molecule has 0 aliphatic carbocycles. The molecule has 0 spiro atoms. The van der Waals surface area contributed by atoms with E-state index in [1.54, 1.807) is 31.2 Å². The summed E-state index contributed by atoms with van der Waals surface area (Å²) in [6.45, 7) is 1.81. The molecule has 110 valence electrons. The molecular weight excluding hydrogens is 269 g/mol. The van der Waals surface area contributed by atoms with E-state index in [0.717, 1.165) is 11.3 Å². The van der Waals surface area contributed by atoms with Crippen molar-refractivity contribution in [2.24, 2.45) is 0 Å². The van der Waals surface area contributed by atoms with E-state index in [1.165, 1.54) is 12.1 Å². The number of hydrogen-bond acceptors (Lipinski definition) is 3. The van der Waals surface area contributed by atoms with Crippen LogP contribution in [0.15, 0.2) is 36.4 Å². The van der Waals surface area contributed by atoms with Crippen LogP contribution in [-0.2, 0) is 0 Å². The summed E-state index contributed by atoms with van der Waals surface area (Å²) in [5.41, 5.74) is 8.69. The Hall–Kier alpha value is -2.56. The first-order chi connectivity index (χ1) is 9.88. The zero-order valence-electron chi connectivity index (χ0n) is 12.3. The first-order valence-electron chi connectivity index (χ1n) is 6.53. The quantitative estimate of drug-likeness (QED) is 0.853. The number of rotatable bonds is 3. The summed E-state index contributed by atoms with van der Waals surface area (Å²) in [6.07, 6.45) is 0. The summed E-state index contributed by atoms with van der Waals surface area (Å²) in [4.78, 5) is 14.3. The summed E-state index contributed by atoms with van der Waals surface area (Å²) < 4.78 is 13.3. The van der Waals surface area contributed by atoms with Crippen LogP contribution >= 0.6 is 0 Å². The minimum atomic E-state index is -0.392. The van der Waals surface area contributed by atoms with Gasteiger partial charge in [0, 0.05) is 31.2 Å². The van der Waals surface area contributed by atoms with Crippen LogP contribution in [0.1, 0.15) is 15.9 Å². The molecule has 4 nitrogen and oxygen atoms in total. The van der Waals surface area contributed by atoms with Gasteiger partial charge >= 0.3 is 0 Å². The molecule has 0 radical (unpaired) electrons. The van der Waals surface area contributed by atoms with E-state index in [9.17, 15) is 9.18 Å². The fourth-order valence-corrected chi connectivity index (χ4v) is 2.04. The highest BCUT2D eigenvalue weighted by molar-refractivity contribution is 6.09. The maximum Gasteiger partial charge on any atom is 0.257 e. The molecule has 0 fully saturated rings. The third kappa shape index (κ3) is 3.31.